The van der Waals surface area contributed by atoms with Crippen molar-refractivity contribution in [1.82, 2.24) is 0 Å². The summed E-state index contributed by atoms with van der Waals surface area (Å²) in [5, 5.41) is 0. The van der Waals surface area contributed by atoms with Crippen LogP contribution in [-0.2, 0) is 0 Å². The topological polar surface area (TPSA) is 21.6 Å². The van der Waals surface area contributed by atoms with Gasteiger partial charge in [-0.25, -0.2) is 0 Å². The van der Waals surface area contributed by atoms with Gasteiger partial charge >= 0.3 is 0 Å². The molecule has 1 aromatic rings. The van der Waals surface area contributed by atoms with Crippen LogP contribution in [0.4, 0.5) is 0 Å². The maximum atomic E-state index is 5.63. The molecule has 2 heterocycles. The number of aliphatic imine (C=N–C) groups is 1. The van der Waals surface area contributed by atoms with Crippen LogP contribution in [0.5, 0.6) is 5.75 Å². The van der Waals surface area contributed by atoms with Gasteiger partial charge in [0.15, 0.2) is 0 Å². The highest BCUT2D eigenvalue weighted by Gasteiger charge is 2.13. The quantitative estimate of drug-likeness (QED) is 0.729. The van der Waals surface area contributed by atoms with Crippen molar-refractivity contribution in [2.24, 2.45) is 4.99 Å². The Hall–Kier alpha value is -2.35. The zero-order chi connectivity index (χ0) is 14.4. The first-order valence-corrected chi connectivity index (χ1v) is 6.88. The van der Waals surface area contributed by atoms with Crippen LogP contribution in [0.15, 0.2) is 72.0 Å². The monoisotopic (exact) mass is 265 g/mol. The Morgan fingerprint density at radius 3 is 2.75 bits per heavy atom. The minimum absolute atomic E-state index is 0.0758. The molecule has 2 heteroatoms. The molecule has 1 aromatic carbocycles. The molecule has 1 atom stereocenters. The van der Waals surface area contributed by atoms with Crippen molar-refractivity contribution in [3.05, 3.63) is 72.5 Å². The molecule has 2 nitrogen and oxygen atoms in total. The fourth-order valence-electron chi connectivity index (χ4n) is 2.08. The summed E-state index contributed by atoms with van der Waals surface area (Å²) >= 11 is 0. The number of rotatable bonds is 1. The molecule has 0 bridgehead atoms. The van der Waals surface area contributed by atoms with Crippen LogP contribution in [0.3, 0.4) is 0 Å². The van der Waals surface area contributed by atoms with Crippen molar-refractivity contribution < 1.29 is 4.74 Å². The van der Waals surface area contributed by atoms with E-state index in [0.29, 0.717) is 0 Å². The Morgan fingerprint density at radius 2 is 2.00 bits per heavy atom. The van der Waals surface area contributed by atoms with Gasteiger partial charge in [0, 0.05) is 11.8 Å². The Labute approximate surface area is 120 Å². The van der Waals surface area contributed by atoms with Crippen LogP contribution in [-0.4, -0.2) is 12.3 Å². The van der Waals surface area contributed by atoms with Crippen LogP contribution >= 0.6 is 0 Å². The lowest BCUT2D eigenvalue weighted by molar-refractivity contribution is 0.478. The zero-order valence-corrected chi connectivity index (χ0v) is 11.9. The van der Waals surface area contributed by atoms with Gasteiger partial charge in [0.1, 0.15) is 5.75 Å². The van der Waals surface area contributed by atoms with E-state index >= 15 is 0 Å². The summed E-state index contributed by atoms with van der Waals surface area (Å²) in [5.74, 6) is 0.833. The van der Waals surface area contributed by atoms with E-state index in [1.807, 2.05) is 56.5 Å². The standard InChI is InChI=1S/C16H13NO.C2H6/c1-12-11-13(15-6-4-9-17-15)8-10-18-16-7-3-2-5-14(12)16;1-2/h2-11,15H,1H2;1-2H3/b10-8-,13-11+;. The zero-order valence-electron chi connectivity index (χ0n) is 11.9. The first-order valence-electron chi connectivity index (χ1n) is 6.88. The summed E-state index contributed by atoms with van der Waals surface area (Å²) in [4.78, 5) is 4.37. The van der Waals surface area contributed by atoms with E-state index in [1.165, 1.54) is 0 Å². The predicted octanol–water partition coefficient (Wildman–Crippen LogP) is 4.57. The maximum absolute atomic E-state index is 5.63. The maximum Gasteiger partial charge on any atom is 0.134 e. The molecule has 1 unspecified atom stereocenters. The molecular weight excluding hydrogens is 246 g/mol. The van der Waals surface area contributed by atoms with Gasteiger partial charge in [0.05, 0.1) is 12.3 Å². The normalized spacial score (nSPS) is 23.4. The van der Waals surface area contributed by atoms with Gasteiger partial charge in [0.2, 0.25) is 0 Å². The summed E-state index contributed by atoms with van der Waals surface area (Å²) in [7, 11) is 0. The van der Waals surface area contributed by atoms with Crippen molar-refractivity contribution in [3.63, 3.8) is 0 Å². The summed E-state index contributed by atoms with van der Waals surface area (Å²) in [6.07, 6.45) is 11.5. The highest BCUT2D eigenvalue weighted by atomic mass is 16.5. The van der Waals surface area contributed by atoms with Crippen molar-refractivity contribution in [1.29, 1.82) is 0 Å². The number of nitrogens with zero attached hydrogens (tertiary/aromatic N) is 1. The first kappa shape index (κ1) is 14.1. The molecule has 0 aliphatic carbocycles. The van der Waals surface area contributed by atoms with Gasteiger partial charge in [0.25, 0.3) is 0 Å². The predicted molar refractivity (Wildman–Crippen MR) is 86.1 cm³/mol. The molecule has 0 fully saturated rings. The Morgan fingerprint density at radius 1 is 1.20 bits per heavy atom. The number of hydrogen-bond acceptors (Lipinski definition) is 2. The van der Waals surface area contributed by atoms with Crippen molar-refractivity contribution in [3.8, 4) is 5.75 Å². The van der Waals surface area contributed by atoms with E-state index in [2.05, 4.69) is 23.7 Å². The molecular formula is C18H19NO. The van der Waals surface area contributed by atoms with Gasteiger partial charge in [-0.15, -0.1) is 0 Å². The minimum Gasteiger partial charge on any atom is -0.464 e. The SMILES string of the molecule is C=C1/C=C(C2C=CC=N2)\C=C/Oc2ccccc21.CC. The van der Waals surface area contributed by atoms with Gasteiger partial charge in [-0.1, -0.05) is 44.7 Å². The second-order valence-corrected chi connectivity index (χ2v) is 4.21. The number of benzene rings is 1. The Kier molecular flexibility index (Phi) is 4.72. The molecule has 0 saturated carbocycles. The summed E-state index contributed by atoms with van der Waals surface area (Å²) < 4.78 is 5.63. The van der Waals surface area contributed by atoms with E-state index in [-0.39, 0.29) is 6.04 Å². The first-order chi connectivity index (χ1) is 9.84. The number of allylic oxidation sites excluding steroid dienone is 3. The fraction of sp³-hybridized carbons (Fsp3) is 0.167. The van der Waals surface area contributed by atoms with Crippen LogP contribution < -0.4 is 4.74 Å². The van der Waals surface area contributed by atoms with E-state index in [4.69, 9.17) is 4.74 Å². The van der Waals surface area contributed by atoms with E-state index in [0.717, 1.165) is 22.5 Å². The lowest BCUT2D eigenvalue weighted by Crippen LogP contribution is -2.03. The van der Waals surface area contributed by atoms with Crippen LogP contribution in [0.25, 0.3) is 5.57 Å². The van der Waals surface area contributed by atoms with Gasteiger partial charge < -0.3 is 4.74 Å². The van der Waals surface area contributed by atoms with Crippen molar-refractivity contribution in [2.45, 2.75) is 19.9 Å². The molecule has 0 radical (unpaired) electrons. The average Bonchev–Trinajstić information content (AvgIpc) is 3.01. The van der Waals surface area contributed by atoms with E-state index in [1.54, 1.807) is 6.26 Å². The molecule has 0 amide bonds. The van der Waals surface area contributed by atoms with Crippen LogP contribution in [0, 0.1) is 0 Å². The Balaban J connectivity index is 0.000000704. The molecule has 2 aliphatic heterocycles. The highest BCUT2D eigenvalue weighted by Crippen LogP contribution is 2.30. The summed E-state index contributed by atoms with van der Waals surface area (Å²) in [5.41, 5.74) is 3.05. The number of para-hydroxylation sites is 1. The largest absolute Gasteiger partial charge is 0.464 e. The Bertz CT molecular complexity index is 594. The van der Waals surface area contributed by atoms with Gasteiger partial charge in [-0.3, -0.25) is 4.99 Å². The molecule has 0 aromatic heterocycles. The van der Waals surface area contributed by atoms with Crippen LogP contribution in [0.1, 0.15) is 19.4 Å². The molecule has 3 rings (SSSR count). The third kappa shape index (κ3) is 2.97. The summed E-state index contributed by atoms with van der Waals surface area (Å²) in [6.45, 7) is 8.11. The molecule has 0 N–H and O–H groups in total. The number of fused-ring (bicyclic) bond motifs is 1. The summed E-state index contributed by atoms with van der Waals surface area (Å²) in [6, 6.07) is 7.97. The number of ether oxygens (including phenoxy) is 1. The third-order valence-corrected chi connectivity index (χ3v) is 3.00. The second kappa shape index (κ2) is 6.71. The molecule has 20 heavy (non-hydrogen) atoms. The second-order valence-electron chi connectivity index (χ2n) is 4.21. The molecule has 0 spiro atoms. The highest BCUT2D eigenvalue weighted by molar-refractivity contribution is 5.79. The lowest BCUT2D eigenvalue weighted by Gasteiger charge is -2.14. The molecule has 102 valence electrons. The molecule has 2 aliphatic rings. The van der Waals surface area contributed by atoms with Crippen LogP contribution in [0.2, 0.25) is 0 Å². The third-order valence-electron chi connectivity index (χ3n) is 3.00. The van der Waals surface area contributed by atoms with Gasteiger partial charge in [-0.05, 0) is 35.4 Å². The fourth-order valence-corrected chi connectivity index (χ4v) is 2.08. The van der Waals surface area contributed by atoms with E-state index in [9.17, 15) is 0 Å². The van der Waals surface area contributed by atoms with Crippen molar-refractivity contribution >= 4 is 11.8 Å². The number of hydrogen-bond donors (Lipinski definition) is 0. The average molecular weight is 265 g/mol. The van der Waals surface area contributed by atoms with Crippen molar-refractivity contribution in [2.75, 3.05) is 0 Å². The van der Waals surface area contributed by atoms with Gasteiger partial charge in [-0.2, -0.15) is 0 Å². The lowest BCUT2D eigenvalue weighted by atomic mass is 9.99. The molecule has 0 saturated heterocycles. The van der Waals surface area contributed by atoms with E-state index < -0.39 is 0 Å². The minimum atomic E-state index is 0.0758. The smallest absolute Gasteiger partial charge is 0.134 e.